The molecule has 2 saturated carbocycles. The van der Waals surface area contributed by atoms with Crippen molar-refractivity contribution in [1.82, 2.24) is 9.80 Å². The molecule has 7 heteroatoms. The lowest BCUT2D eigenvalue weighted by atomic mass is 10.1. The lowest BCUT2D eigenvalue weighted by Crippen LogP contribution is -2.47. The van der Waals surface area contributed by atoms with Gasteiger partial charge >= 0.3 is 0 Å². The van der Waals surface area contributed by atoms with Gasteiger partial charge in [-0.15, -0.1) is 12.4 Å². The van der Waals surface area contributed by atoms with Crippen molar-refractivity contribution in [3.63, 3.8) is 0 Å². The molecule has 2 amide bonds. The molecule has 4 fully saturated rings. The number of carbonyl (C=O) groups is 2. The molecular weight excluding hydrogens is 414 g/mol. The van der Waals surface area contributed by atoms with E-state index in [-0.39, 0.29) is 29.6 Å². The van der Waals surface area contributed by atoms with Crippen LogP contribution in [0.3, 0.4) is 0 Å². The van der Waals surface area contributed by atoms with Crippen LogP contribution in [0, 0.1) is 5.41 Å². The number of anilines is 1. The van der Waals surface area contributed by atoms with E-state index >= 15 is 0 Å². The lowest BCUT2D eigenvalue weighted by molar-refractivity contribution is -0.139. The molecule has 2 aliphatic heterocycles. The average Bonchev–Trinajstić information content (AvgIpc) is 3.28. The number of ether oxygens (including phenoxy) is 1. The van der Waals surface area contributed by atoms with Crippen LogP contribution in [-0.2, 0) is 9.59 Å². The predicted molar refractivity (Wildman–Crippen MR) is 123 cm³/mol. The summed E-state index contributed by atoms with van der Waals surface area (Å²) in [5, 5.41) is 0. The van der Waals surface area contributed by atoms with E-state index in [0.717, 1.165) is 57.7 Å². The summed E-state index contributed by atoms with van der Waals surface area (Å²) >= 11 is 0. The number of piperazine rings is 1. The van der Waals surface area contributed by atoms with Crippen LogP contribution in [0.2, 0.25) is 0 Å². The van der Waals surface area contributed by atoms with Gasteiger partial charge in [-0.25, -0.2) is 0 Å². The van der Waals surface area contributed by atoms with Crippen molar-refractivity contribution in [2.75, 3.05) is 44.2 Å². The molecule has 0 N–H and O–H groups in total. The second kappa shape index (κ2) is 9.37. The van der Waals surface area contributed by atoms with Crippen molar-refractivity contribution in [3.05, 3.63) is 24.3 Å². The molecule has 0 radical (unpaired) electrons. The van der Waals surface area contributed by atoms with Gasteiger partial charge in [0.25, 0.3) is 0 Å². The number of likely N-dealkylation sites (tertiary alicyclic amines) is 1. The van der Waals surface area contributed by atoms with Gasteiger partial charge in [-0.05, 0) is 63.6 Å². The summed E-state index contributed by atoms with van der Waals surface area (Å²) in [4.78, 5) is 31.0. The Balaban J connectivity index is 0.00000231. The number of nitrogens with zero attached hydrogens (tertiary/aromatic N) is 3. The maximum absolute atomic E-state index is 12.4. The van der Waals surface area contributed by atoms with Crippen LogP contribution in [0.15, 0.2) is 24.3 Å². The second-order valence-electron chi connectivity index (χ2n) is 9.48. The summed E-state index contributed by atoms with van der Waals surface area (Å²) in [6.45, 7) is 5.49. The summed E-state index contributed by atoms with van der Waals surface area (Å²) in [5.41, 5.74) is 0.934. The van der Waals surface area contributed by atoms with Gasteiger partial charge in [-0.1, -0.05) is 12.1 Å². The van der Waals surface area contributed by atoms with Crippen LogP contribution in [0.5, 0.6) is 5.75 Å². The summed E-state index contributed by atoms with van der Waals surface area (Å²) in [6.07, 6.45) is 8.41. The number of rotatable bonds is 7. The van der Waals surface area contributed by atoms with Crippen LogP contribution in [0.25, 0.3) is 0 Å². The molecule has 1 aromatic rings. The first-order valence-corrected chi connectivity index (χ1v) is 11.7. The number of halogens is 1. The molecule has 0 unspecified atom stereocenters. The molecule has 1 spiro atoms. The SMILES string of the molecule is Cl.O=C1CC2(CC2)C(=O)N1CCCN1CCN(c2ccccc2OC2CCCC2)CC1. The van der Waals surface area contributed by atoms with Crippen LogP contribution in [0.1, 0.15) is 51.4 Å². The molecule has 0 atom stereocenters. The third-order valence-corrected chi connectivity index (χ3v) is 7.37. The third kappa shape index (κ3) is 4.70. The van der Waals surface area contributed by atoms with E-state index in [0.29, 0.717) is 19.1 Å². The minimum Gasteiger partial charge on any atom is -0.488 e. The van der Waals surface area contributed by atoms with Gasteiger partial charge in [-0.2, -0.15) is 0 Å². The molecule has 2 heterocycles. The van der Waals surface area contributed by atoms with Gasteiger partial charge in [0, 0.05) is 39.1 Å². The molecule has 1 aromatic carbocycles. The molecule has 4 aliphatic rings. The van der Waals surface area contributed by atoms with E-state index in [9.17, 15) is 9.59 Å². The summed E-state index contributed by atoms with van der Waals surface area (Å²) < 4.78 is 6.33. The van der Waals surface area contributed by atoms with Gasteiger partial charge in [0.2, 0.25) is 11.8 Å². The van der Waals surface area contributed by atoms with Crippen molar-refractivity contribution < 1.29 is 14.3 Å². The maximum Gasteiger partial charge on any atom is 0.235 e. The topological polar surface area (TPSA) is 53.1 Å². The van der Waals surface area contributed by atoms with Crippen LogP contribution in [-0.4, -0.2) is 67.0 Å². The number of hydrogen-bond donors (Lipinski definition) is 0. The number of carbonyl (C=O) groups excluding carboxylic acids is 2. The number of para-hydroxylation sites is 2. The van der Waals surface area contributed by atoms with E-state index in [1.807, 2.05) is 0 Å². The van der Waals surface area contributed by atoms with E-state index in [4.69, 9.17) is 4.74 Å². The Morgan fingerprint density at radius 2 is 1.68 bits per heavy atom. The van der Waals surface area contributed by atoms with Gasteiger partial charge in [0.05, 0.1) is 17.2 Å². The molecule has 31 heavy (non-hydrogen) atoms. The number of hydrogen-bond acceptors (Lipinski definition) is 5. The zero-order valence-electron chi connectivity index (χ0n) is 18.3. The minimum absolute atomic E-state index is 0. The first kappa shape index (κ1) is 22.4. The largest absolute Gasteiger partial charge is 0.488 e. The maximum atomic E-state index is 12.4. The van der Waals surface area contributed by atoms with E-state index in [2.05, 4.69) is 34.1 Å². The Hall–Kier alpha value is -1.79. The zero-order chi connectivity index (χ0) is 20.6. The second-order valence-corrected chi connectivity index (χ2v) is 9.48. The van der Waals surface area contributed by atoms with Crippen LogP contribution < -0.4 is 9.64 Å². The molecular formula is C24H34ClN3O3. The first-order valence-electron chi connectivity index (χ1n) is 11.7. The molecule has 0 bridgehead atoms. The van der Waals surface area contributed by atoms with Crippen LogP contribution >= 0.6 is 12.4 Å². The van der Waals surface area contributed by atoms with Crippen molar-refractivity contribution in [3.8, 4) is 5.75 Å². The first-order chi connectivity index (χ1) is 14.6. The highest BCUT2D eigenvalue weighted by atomic mass is 35.5. The van der Waals surface area contributed by atoms with Gasteiger partial charge < -0.3 is 9.64 Å². The highest BCUT2D eigenvalue weighted by molar-refractivity contribution is 6.07. The van der Waals surface area contributed by atoms with Crippen molar-refractivity contribution >= 4 is 29.9 Å². The predicted octanol–water partition coefficient (Wildman–Crippen LogP) is 3.48. The Labute approximate surface area is 191 Å². The van der Waals surface area contributed by atoms with Gasteiger partial charge in [-0.3, -0.25) is 19.4 Å². The Morgan fingerprint density at radius 3 is 2.35 bits per heavy atom. The Kier molecular flexibility index (Phi) is 6.77. The smallest absolute Gasteiger partial charge is 0.235 e. The zero-order valence-corrected chi connectivity index (χ0v) is 19.1. The minimum atomic E-state index is -0.281. The third-order valence-electron chi connectivity index (χ3n) is 7.37. The molecule has 0 aromatic heterocycles. The van der Waals surface area contributed by atoms with E-state index in [1.54, 1.807) is 0 Å². The Bertz CT molecular complexity index is 799. The number of benzene rings is 1. The molecule has 2 saturated heterocycles. The van der Waals surface area contributed by atoms with E-state index in [1.165, 1.54) is 36.3 Å². The highest BCUT2D eigenvalue weighted by Gasteiger charge is 2.59. The van der Waals surface area contributed by atoms with Gasteiger partial charge in [0.1, 0.15) is 5.75 Å². The van der Waals surface area contributed by atoms with Crippen LogP contribution in [0.4, 0.5) is 5.69 Å². The van der Waals surface area contributed by atoms with Crippen molar-refractivity contribution in [1.29, 1.82) is 0 Å². The molecule has 2 aliphatic carbocycles. The fourth-order valence-electron chi connectivity index (χ4n) is 5.30. The molecule has 6 nitrogen and oxygen atoms in total. The van der Waals surface area contributed by atoms with E-state index < -0.39 is 0 Å². The summed E-state index contributed by atoms with van der Waals surface area (Å²) in [5.74, 6) is 1.16. The number of amides is 2. The fraction of sp³-hybridized carbons (Fsp3) is 0.667. The normalized spacial score (nSPS) is 23.5. The summed E-state index contributed by atoms with van der Waals surface area (Å²) in [6, 6.07) is 8.45. The molecule has 170 valence electrons. The lowest BCUT2D eigenvalue weighted by Gasteiger charge is -2.37. The van der Waals surface area contributed by atoms with Gasteiger partial charge in [0.15, 0.2) is 0 Å². The number of imide groups is 1. The molecule has 5 rings (SSSR count). The van der Waals surface area contributed by atoms with Crippen molar-refractivity contribution in [2.45, 2.75) is 57.5 Å². The summed E-state index contributed by atoms with van der Waals surface area (Å²) in [7, 11) is 0. The fourth-order valence-corrected chi connectivity index (χ4v) is 5.30. The highest BCUT2D eigenvalue weighted by Crippen LogP contribution is 2.54. The average molecular weight is 448 g/mol. The monoisotopic (exact) mass is 447 g/mol. The standard InChI is InChI=1S/C24H33N3O3.ClH/c28-22-18-24(10-11-24)23(29)27(22)13-5-12-25-14-16-26(17-15-25)20-8-3-4-9-21(20)30-19-6-1-2-7-19;/h3-4,8-9,19H,1-2,5-7,10-18H2;1H. The van der Waals surface area contributed by atoms with Crippen molar-refractivity contribution in [2.24, 2.45) is 5.41 Å². The Morgan fingerprint density at radius 1 is 0.968 bits per heavy atom. The quantitative estimate of drug-likeness (QED) is 0.599.